The molecule has 1 atom stereocenters. The molecule has 0 spiro atoms. The van der Waals surface area contributed by atoms with Crippen LogP contribution in [0.3, 0.4) is 0 Å². The summed E-state index contributed by atoms with van der Waals surface area (Å²) in [6.07, 6.45) is 4.75. The van der Waals surface area contributed by atoms with Crippen LogP contribution in [0.5, 0.6) is 0 Å². The molecular formula is C15H28N2O4. The number of carbonyl (C=O) groups is 2. The maximum atomic E-state index is 12.3. The maximum absolute atomic E-state index is 12.3. The second-order valence-electron chi connectivity index (χ2n) is 5.83. The minimum Gasteiger partial charge on any atom is -0.481 e. The van der Waals surface area contributed by atoms with Gasteiger partial charge in [-0.25, -0.2) is 4.79 Å². The van der Waals surface area contributed by atoms with Crippen molar-refractivity contribution in [3.8, 4) is 0 Å². The molecule has 1 aliphatic heterocycles. The third-order valence-electron chi connectivity index (χ3n) is 4.73. The molecule has 1 heterocycles. The molecule has 0 bridgehead atoms. The van der Waals surface area contributed by atoms with Crippen LogP contribution in [0.1, 0.15) is 52.4 Å². The van der Waals surface area contributed by atoms with Crippen molar-refractivity contribution < 1.29 is 19.8 Å². The molecule has 6 nitrogen and oxygen atoms in total. The molecule has 0 aromatic rings. The summed E-state index contributed by atoms with van der Waals surface area (Å²) in [7, 11) is 0. The molecule has 1 saturated heterocycles. The number of rotatable bonds is 6. The number of hydrogen-bond donors (Lipinski definition) is 3. The van der Waals surface area contributed by atoms with Crippen molar-refractivity contribution in [2.45, 2.75) is 58.4 Å². The first-order valence-corrected chi connectivity index (χ1v) is 7.89. The molecule has 0 radical (unpaired) electrons. The third-order valence-corrected chi connectivity index (χ3v) is 4.73. The number of nitrogens with one attached hydrogen (secondary N) is 1. The number of hydrogen-bond acceptors (Lipinski definition) is 3. The van der Waals surface area contributed by atoms with Gasteiger partial charge in [-0.2, -0.15) is 0 Å². The Morgan fingerprint density at radius 1 is 1.24 bits per heavy atom. The SMILES string of the molecule is CCC(CC)(CNC(=O)N1CCCCCC1CO)C(=O)O. The number of urea groups is 1. The van der Waals surface area contributed by atoms with Crippen LogP contribution in [-0.4, -0.2) is 52.9 Å². The number of carbonyl (C=O) groups excluding carboxylic acids is 1. The highest BCUT2D eigenvalue weighted by molar-refractivity contribution is 5.78. The van der Waals surface area contributed by atoms with Gasteiger partial charge >= 0.3 is 12.0 Å². The lowest BCUT2D eigenvalue weighted by atomic mass is 9.82. The zero-order valence-electron chi connectivity index (χ0n) is 13.1. The van der Waals surface area contributed by atoms with E-state index in [1.54, 1.807) is 4.90 Å². The second-order valence-corrected chi connectivity index (χ2v) is 5.83. The summed E-state index contributed by atoms with van der Waals surface area (Å²) in [6.45, 7) is 4.36. The Morgan fingerprint density at radius 2 is 1.90 bits per heavy atom. The van der Waals surface area contributed by atoms with Crippen molar-refractivity contribution in [2.75, 3.05) is 19.7 Å². The van der Waals surface area contributed by atoms with Gasteiger partial charge < -0.3 is 20.4 Å². The van der Waals surface area contributed by atoms with Crippen molar-refractivity contribution in [1.29, 1.82) is 0 Å². The Balaban J connectivity index is 2.68. The standard InChI is InChI=1S/C15H28N2O4/c1-3-15(4-2,13(19)20)11-16-14(21)17-9-7-5-6-8-12(17)10-18/h12,18H,3-11H2,1-2H3,(H,16,21)(H,19,20). The number of nitrogens with zero attached hydrogens (tertiary/aromatic N) is 1. The van der Waals surface area contributed by atoms with Gasteiger partial charge in [0.1, 0.15) is 0 Å². The van der Waals surface area contributed by atoms with Crippen LogP contribution in [-0.2, 0) is 4.79 Å². The van der Waals surface area contributed by atoms with Gasteiger partial charge in [-0.15, -0.1) is 0 Å². The predicted octanol–water partition coefficient (Wildman–Crippen LogP) is 1.82. The van der Waals surface area contributed by atoms with Gasteiger partial charge in [0.05, 0.1) is 18.1 Å². The van der Waals surface area contributed by atoms with Crippen molar-refractivity contribution in [3.05, 3.63) is 0 Å². The van der Waals surface area contributed by atoms with Crippen LogP contribution in [0.4, 0.5) is 4.79 Å². The van der Waals surface area contributed by atoms with Crippen LogP contribution >= 0.6 is 0 Å². The Hall–Kier alpha value is -1.30. The first-order valence-electron chi connectivity index (χ1n) is 7.89. The molecule has 6 heteroatoms. The predicted molar refractivity (Wildman–Crippen MR) is 80.1 cm³/mol. The number of aliphatic carboxylic acids is 1. The van der Waals surface area contributed by atoms with Gasteiger partial charge in [-0.3, -0.25) is 4.79 Å². The molecule has 1 aliphatic rings. The number of aliphatic hydroxyl groups excluding tert-OH is 1. The molecule has 122 valence electrons. The average molecular weight is 300 g/mol. The van der Waals surface area contributed by atoms with Gasteiger partial charge in [0, 0.05) is 13.1 Å². The molecule has 21 heavy (non-hydrogen) atoms. The average Bonchev–Trinajstić information content (AvgIpc) is 2.73. The Morgan fingerprint density at radius 3 is 2.43 bits per heavy atom. The van der Waals surface area contributed by atoms with E-state index in [4.69, 9.17) is 0 Å². The minimum absolute atomic E-state index is 0.0426. The number of likely N-dealkylation sites (tertiary alicyclic amines) is 1. The first kappa shape index (κ1) is 17.8. The van der Waals surface area contributed by atoms with Crippen LogP contribution in [0, 0.1) is 5.41 Å². The fourth-order valence-electron chi connectivity index (χ4n) is 2.86. The summed E-state index contributed by atoms with van der Waals surface area (Å²) in [4.78, 5) is 25.4. The van der Waals surface area contributed by atoms with Crippen molar-refractivity contribution in [3.63, 3.8) is 0 Å². The second kappa shape index (κ2) is 8.22. The largest absolute Gasteiger partial charge is 0.481 e. The lowest BCUT2D eigenvalue weighted by Crippen LogP contribution is -2.51. The van der Waals surface area contributed by atoms with Crippen LogP contribution in [0.2, 0.25) is 0 Å². The Bertz CT molecular complexity index is 356. The lowest BCUT2D eigenvalue weighted by molar-refractivity contribution is -0.149. The van der Waals surface area contributed by atoms with Gasteiger partial charge in [0.2, 0.25) is 0 Å². The monoisotopic (exact) mass is 300 g/mol. The normalized spacial score (nSPS) is 20.0. The molecule has 0 aromatic carbocycles. The summed E-state index contributed by atoms with van der Waals surface area (Å²) in [5.41, 5.74) is -0.907. The maximum Gasteiger partial charge on any atom is 0.317 e. The summed E-state index contributed by atoms with van der Waals surface area (Å²) >= 11 is 0. The van der Waals surface area contributed by atoms with Crippen LogP contribution < -0.4 is 5.32 Å². The summed E-state index contributed by atoms with van der Waals surface area (Å²) in [6, 6.07) is -0.418. The van der Waals surface area contributed by atoms with E-state index >= 15 is 0 Å². The van der Waals surface area contributed by atoms with Gasteiger partial charge in [0.25, 0.3) is 0 Å². The highest BCUT2D eigenvalue weighted by Crippen LogP contribution is 2.26. The molecule has 0 aliphatic carbocycles. The zero-order valence-corrected chi connectivity index (χ0v) is 13.1. The smallest absolute Gasteiger partial charge is 0.317 e. The van der Waals surface area contributed by atoms with E-state index in [1.807, 2.05) is 13.8 Å². The highest BCUT2D eigenvalue weighted by Gasteiger charge is 2.36. The zero-order chi connectivity index (χ0) is 15.9. The van der Waals surface area contributed by atoms with E-state index in [9.17, 15) is 19.8 Å². The molecule has 1 rings (SSSR count). The lowest BCUT2D eigenvalue weighted by Gasteiger charge is -2.32. The molecule has 1 unspecified atom stereocenters. The summed E-state index contributed by atoms with van der Waals surface area (Å²) in [5.74, 6) is -0.873. The number of carboxylic acid groups (broad SMARTS) is 1. The van der Waals surface area contributed by atoms with Gasteiger partial charge in [-0.1, -0.05) is 26.7 Å². The fraction of sp³-hybridized carbons (Fsp3) is 0.867. The van der Waals surface area contributed by atoms with E-state index in [0.717, 1.165) is 25.7 Å². The summed E-state index contributed by atoms with van der Waals surface area (Å²) < 4.78 is 0. The number of aliphatic hydroxyl groups is 1. The van der Waals surface area contributed by atoms with Gasteiger partial charge in [0.15, 0.2) is 0 Å². The molecule has 0 saturated carbocycles. The molecule has 3 N–H and O–H groups in total. The van der Waals surface area contributed by atoms with E-state index in [1.165, 1.54) is 0 Å². The van der Waals surface area contributed by atoms with Crippen molar-refractivity contribution in [2.24, 2.45) is 5.41 Å². The van der Waals surface area contributed by atoms with Crippen molar-refractivity contribution in [1.82, 2.24) is 10.2 Å². The quantitative estimate of drug-likeness (QED) is 0.698. The molecule has 1 fully saturated rings. The highest BCUT2D eigenvalue weighted by atomic mass is 16.4. The van der Waals surface area contributed by atoms with Crippen LogP contribution in [0.25, 0.3) is 0 Å². The molecule has 0 aromatic heterocycles. The third kappa shape index (κ3) is 4.33. The molecule has 2 amide bonds. The van der Waals surface area contributed by atoms with Crippen LogP contribution in [0.15, 0.2) is 0 Å². The van der Waals surface area contributed by atoms with E-state index < -0.39 is 11.4 Å². The Kier molecular flexibility index (Phi) is 6.95. The topological polar surface area (TPSA) is 89.9 Å². The first-order chi connectivity index (χ1) is 10.0. The van der Waals surface area contributed by atoms with Crippen molar-refractivity contribution >= 4 is 12.0 Å². The molecular weight excluding hydrogens is 272 g/mol. The van der Waals surface area contributed by atoms with E-state index in [2.05, 4.69) is 5.32 Å². The summed E-state index contributed by atoms with van der Waals surface area (Å²) in [5, 5.41) is 21.6. The number of amides is 2. The van der Waals surface area contributed by atoms with Gasteiger partial charge in [-0.05, 0) is 25.7 Å². The Labute approximate surface area is 126 Å². The minimum atomic E-state index is -0.907. The fourth-order valence-corrected chi connectivity index (χ4v) is 2.86. The van der Waals surface area contributed by atoms with E-state index in [0.29, 0.717) is 19.4 Å². The van der Waals surface area contributed by atoms with E-state index in [-0.39, 0.29) is 25.2 Å². The number of carboxylic acids is 1.